The van der Waals surface area contributed by atoms with Crippen molar-refractivity contribution in [1.82, 2.24) is 9.80 Å². The first-order chi connectivity index (χ1) is 18.2. The van der Waals surface area contributed by atoms with Gasteiger partial charge in [-0.15, -0.1) is 0 Å². The Balaban J connectivity index is 1.27. The van der Waals surface area contributed by atoms with Crippen molar-refractivity contribution in [2.75, 3.05) is 33.2 Å². The molecular formula is C31H30Cl4N2O. The number of hydrogen-bond acceptors (Lipinski definition) is 2. The molecular weight excluding hydrogens is 558 g/mol. The second-order valence-electron chi connectivity index (χ2n) is 10.4. The van der Waals surface area contributed by atoms with Crippen molar-refractivity contribution in [3.05, 3.63) is 109 Å². The van der Waals surface area contributed by atoms with E-state index in [9.17, 15) is 4.79 Å². The lowest BCUT2D eigenvalue weighted by atomic mass is 9.74. The maximum atomic E-state index is 13.2. The molecule has 1 aliphatic heterocycles. The van der Waals surface area contributed by atoms with Gasteiger partial charge in [-0.05, 0) is 85.9 Å². The highest BCUT2D eigenvalue weighted by Gasteiger charge is 2.37. The monoisotopic (exact) mass is 586 g/mol. The molecule has 38 heavy (non-hydrogen) atoms. The van der Waals surface area contributed by atoms with Gasteiger partial charge in [0, 0.05) is 40.5 Å². The van der Waals surface area contributed by atoms with Crippen molar-refractivity contribution in [3.8, 4) is 0 Å². The maximum absolute atomic E-state index is 13.2. The molecule has 1 spiro atoms. The van der Waals surface area contributed by atoms with Crippen LogP contribution >= 0.6 is 46.4 Å². The van der Waals surface area contributed by atoms with E-state index in [1.165, 1.54) is 11.1 Å². The van der Waals surface area contributed by atoms with Gasteiger partial charge < -0.3 is 9.80 Å². The van der Waals surface area contributed by atoms with E-state index in [0.29, 0.717) is 32.2 Å². The summed E-state index contributed by atoms with van der Waals surface area (Å²) in [4.78, 5) is 17.5. The first kappa shape index (κ1) is 27.6. The lowest BCUT2D eigenvalue weighted by Gasteiger charge is -2.40. The van der Waals surface area contributed by atoms with Crippen LogP contribution in [0.5, 0.6) is 0 Å². The molecule has 2 aliphatic rings. The highest BCUT2D eigenvalue weighted by molar-refractivity contribution is 6.42. The second-order valence-corrected chi connectivity index (χ2v) is 12.1. The molecule has 1 aliphatic carbocycles. The van der Waals surface area contributed by atoms with E-state index in [-0.39, 0.29) is 17.2 Å². The first-order valence-corrected chi connectivity index (χ1v) is 14.4. The summed E-state index contributed by atoms with van der Waals surface area (Å²) in [5, 5.41) is 1.94. The second kappa shape index (κ2) is 11.6. The Kier molecular flexibility index (Phi) is 8.42. The summed E-state index contributed by atoms with van der Waals surface area (Å²) in [5.41, 5.74) is 4.54. The fraction of sp³-hybridized carbons (Fsp3) is 0.323. The van der Waals surface area contributed by atoms with Gasteiger partial charge in [-0.25, -0.2) is 0 Å². The Labute approximate surface area is 244 Å². The van der Waals surface area contributed by atoms with Gasteiger partial charge in [0.15, 0.2) is 0 Å². The maximum Gasteiger partial charge on any atom is 0.253 e. The summed E-state index contributed by atoms with van der Waals surface area (Å²) in [7, 11) is 1.82. The lowest BCUT2D eigenvalue weighted by Crippen LogP contribution is -2.42. The molecule has 3 nitrogen and oxygen atoms in total. The van der Waals surface area contributed by atoms with Crippen molar-refractivity contribution in [1.29, 1.82) is 0 Å². The molecule has 0 saturated carbocycles. The number of fused-ring (bicyclic) bond motifs is 2. The quantitative estimate of drug-likeness (QED) is 0.276. The third-order valence-corrected chi connectivity index (χ3v) is 9.16. The topological polar surface area (TPSA) is 23.6 Å². The van der Waals surface area contributed by atoms with Crippen LogP contribution in [0.15, 0.2) is 66.7 Å². The number of piperidine rings is 1. The number of halogens is 4. The molecule has 3 aromatic rings. The zero-order valence-corrected chi connectivity index (χ0v) is 24.3. The van der Waals surface area contributed by atoms with Crippen molar-refractivity contribution in [2.45, 2.75) is 30.6 Å². The van der Waals surface area contributed by atoms with Crippen molar-refractivity contribution in [2.24, 2.45) is 0 Å². The predicted molar refractivity (Wildman–Crippen MR) is 160 cm³/mol. The fourth-order valence-corrected chi connectivity index (χ4v) is 6.66. The van der Waals surface area contributed by atoms with Crippen LogP contribution in [0.1, 0.15) is 52.2 Å². The number of benzene rings is 3. The number of nitrogens with zero attached hydrogens (tertiary/aromatic N) is 2. The van der Waals surface area contributed by atoms with Gasteiger partial charge in [0.1, 0.15) is 0 Å². The molecule has 1 fully saturated rings. The fourth-order valence-electron chi connectivity index (χ4n) is 5.83. The number of hydrogen-bond donors (Lipinski definition) is 0. The summed E-state index contributed by atoms with van der Waals surface area (Å²) >= 11 is 24.9. The average Bonchev–Trinajstić information content (AvgIpc) is 3.26. The lowest BCUT2D eigenvalue weighted by molar-refractivity contribution is 0.0781. The predicted octanol–water partition coefficient (Wildman–Crippen LogP) is 8.61. The van der Waals surface area contributed by atoms with Gasteiger partial charge in [0.05, 0.1) is 10.0 Å². The highest BCUT2D eigenvalue weighted by atomic mass is 35.5. The average molecular weight is 588 g/mol. The van der Waals surface area contributed by atoms with E-state index in [1.807, 2.05) is 25.2 Å². The minimum absolute atomic E-state index is 0.0939. The highest BCUT2D eigenvalue weighted by Crippen LogP contribution is 2.43. The Bertz CT molecular complexity index is 1340. The standard InChI is InChI=1S/C31H30Cl4N2O/c1-36(30(38)24-16-25(32)19-26(33)17-24)20-23(22-6-7-28(34)29(35)18-22)9-13-37-14-11-31(12-15-37)10-8-21-4-2-3-5-27(21)31/h2-8,10,16-19,23H,9,11-15,20H2,1H3/t23-/m1/s1. The van der Waals surface area contributed by atoms with Gasteiger partial charge in [-0.3, -0.25) is 4.79 Å². The molecule has 5 rings (SSSR count). The summed E-state index contributed by atoms with van der Waals surface area (Å²) < 4.78 is 0. The van der Waals surface area contributed by atoms with Crippen LogP contribution in [-0.2, 0) is 5.41 Å². The molecule has 1 heterocycles. The summed E-state index contributed by atoms with van der Waals surface area (Å²) in [6.45, 7) is 3.57. The summed E-state index contributed by atoms with van der Waals surface area (Å²) in [6.07, 6.45) is 7.82. The minimum Gasteiger partial charge on any atom is -0.341 e. The summed E-state index contributed by atoms with van der Waals surface area (Å²) in [6, 6.07) is 19.5. The number of carbonyl (C=O) groups excluding carboxylic acids is 1. The summed E-state index contributed by atoms with van der Waals surface area (Å²) in [5.74, 6) is -0.0255. The molecule has 1 saturated heterocycles. The normalized spacial score (nSPS) is 17.0. The molecule has 0 radical (unpaired) electrons. The van der Waals surface area contributed by atoms with Crippen LogP contribution in [0.25, 0.3) is 6.08 Å². The van der Waals surface area contributed by atoms with Crippen LogP contribution in [0.2, 0.25) is 20.1 Å². The largest absolute Gasteiger partial charge is 0.341 e. The van der Waals surface area contributed by atoms with Crippen LogP contribution in [0, 0.1) is 0 Å². The molecule has 7 heteroatoms. The Morgan fingerprint density at radius 3 is 2.37 bits per heavy atom. The van der Waals surface area contributed by atoms with Gasteiger partial charge in [-0.2, -0.15) is 0 Å². The van der Waals surface area contributed by atoms with Crippen molar-refractivity contribution >= 4 is 58.4 Å². The van der Waals surface area contributed by atoms with E-state index in [2.05, 4.69) is 41.3 Å². The van der Waals surface area contributed by atoms with Gasteiger partial charge in [0.25, 0.3) is 5.91 Å². The number of amides is 1. The zero-order chi connectivity index (χ0) is 26.9. The molecule has 0 unspecified atom stereocenters. The molecule has 1 amide bonds. The third-order valence-electron chi connectivity index (χ3n) is 7.99. The van der Waals surface area contributed by atoms with Gasteiger partial charge in [-0.1, -0.05) is 88.9 Å². The molecule has 3 aromatic carbocycles. The Morgan fingerprint density at radius 2 is 1.66 bits per heavy atom. The number of likely N-dealkylation sites (N-methyl/N-ethyl adjacent to an activating group) is 1. The third kappa shape index (κ3) is 5.93. The van der Waals surface area contributed by atoms with Gasteiger partial charge >= 0.3 is 0 Å². The van der Waals surface area contributed by atoms with Crippen LogP contribution in [0.4, 0.5) is 0 Å². The minimum atomic E-state index is -0.119. The SMILES string of the molecule is CN(C[C@@H](CCN1CCC2(C=Cc3ccccc32)CC1)c1ccc(Cl)c(Cl)c1)C(=O)c1cc(Cl)cc(Cl)c1. The van der Waals surface area contributed by atoms with Gasteiger partial charge in [0.2, 0.25) is 0 Å². The first-order valence-electron chi connectivity index (χ1n) is 12.9. The van der Waals surface area contributed by atoms with Crippen molar-refractivity contribution < 1.29 is 4.79 Å². The molecule has 0 N–H and O–H groups in total. The smallest absolute Gasteiger partial charge is 0.253 e. The van der Waals surface area contributed by atoms with Crippen LogP contribution in [-0.4, -0.2) is 48.9 Å². The van der Waals surface area contributed by atoms with E-state index < -0.39 is 0 Å². The van der Waals surface area contributed by atoms with Crippen LogP contribution in [0.3, 0.4) is 0 Å². The molecule has 0 aromatic heterocycles. The van der Waals surface area contributed by atoms with Crippen molar-refractivity contribution in [3.63, 3.8) is 0 Å². The Hall–Kier alpha value is -2.01. The van der Waals surface area contributed by atoms with E-state index in [4.69, 9.17) is 46.4 Å². The van der Waals surface area contributed by atoms with E-state index in [0.717, 1.165) is 44.5 Å². The van der Waals surface area contributed by atoms with E-state index in [1.54, 1.807) is 23.1 Å². The van der Waals surface area contributed by atoms with E-state index >= 15 is 0 Å². The number of rotatable bonds is 7. The number of allylic oxidation sites excluding steroid dienone is 1. The number of carbonyl (C=O) groups is 1. The molecule has 198 valence electrons. The zero-order valence-electron chi connectivity index (χ0n) is 21.3. The van der Waals surface area contributed by atoms with Crippen LogP contribution < -0.4 is 0 Å². The number of likely N-dealkylation sites (tertiary alicyclic amines) is 1. The molecule has 1 atom stereocenters. The molecule has 0 bridgehead atoms. The Morgan fingerprint density at radius 1 is 0.947 bits per heavy atom.